The molecule has 2 atom stereocenters. The maximum absolute atomic E-state index is 6.06. The molecule has 0 radical (unpaired) electrons. The van der Waals surface area contributed by atoms with Crippen LogP contribution in [-0.2, 0) is 0 Å². The second-order valence-electron chi connectivity index (χ2n) is 7.66. The van der Waals surface area contributed by atoms with Crippen LogP contribution >= 0.6 is 11.6 Å². The summed E-state index contributed by atoms with van der Waals surface area (Å²) in [5.41, 5.74) is 2.11. The number of fused-ring (bicyclic) bond motifs is 1. The summed E-state index contributed by atoms with van der Waals surface area (Å²) in [6.07, 6.45) is 10.1. The molecule has 25 heavy (non-hydrogen) atoms. The number of halogens is 1. The highest BCUT2D eigenvalue weighted by Gasteiger charge is 2.26. The first-order chi connectivity index (χ1) is 12.1. The lowest BCUT2D eigenvalue weighted by atomic mass is 9.90. The van der Waals surface area contributed by atoms with E-state index in [0.29, 0.717) is 0 Å². The minimum absolute atomic E-state index is 0.737. The molecular formula is C21H30ClN3. The number of nitrogens with one attached hydrogen (secondary N) is 1. The zero-order valence-corrected chi connectivity index (χ0v) is 16.2. The van der Waals surface area contributed by atoms with E-state index in [1.54, 1.807) is 0 Å². The molecule has 2 aromatic rings. The summed E-state index contributed by atoms with van der Waals surface area (Å²) in [6, 6.07) is 7.96. The zero-order chi connectivity index (χ0) is 17.6. The van der Waals surface area contributed by atoms with Crippen LogP contribution in [0.3, 0.4) is 0 Å². The van der Waals surface area contributed by atoms with Crippen molar-refractivity contribution in [3.63, 3.8) is 0 Å². The number of benzene rings is 1. The monoisotopic (exact) mass is 359 g/mol. The van der Waals surface area contributed by atoms with E-state index in [1.807, 2.05) is 18.3 Å². The first kappa shape index (κ1) is 18.5. The van der Waals surface area contributed by atoms with E-state index < -0.39 is 0 Å². The molecule has 136 valence electrons. The molecule has 0 aliphatic heterocycles. The number of unbranched alkanes of at least 4 members (excludes halogenated alkanes) is 1. The lowest BCUT2D eigenvalue weighted by Crippen LogP contribution is -2.24. The van der Waals surface area contributed by atoms with Crippen molar-refractivity contribution in [1.82, 2.24) is 9.88 Å². The van der Waals surface area contributed by atoms with Gasteiger partial charge in [-0.3, -0.25) is 4.98 Å². The average molecular weight is 360 g/mol. The summed E-state index contributed by atoms with van der Waals surface area (Å²) in [5.74, 6) is 1.85. The molecule has 1 heterocycles. The van der Waals surface area contributed by atoms with Gasteiger partial charge < -0.3 is 10.2 Å². The number of pyridine rings is 1. The summed E-state index contributed by atoms with van der Waals surface area (Å²) in [7, 11) is 4.40. The molecule has 0 spiro atoms. The van der Waals surface area contributed by atoms with Crippen LogP contribution in [0.4, 0.5) is 5.69 Å². The molecule has 3 rings (SSSR count). The van der Waals surface area contributed by atoms with Gasteiger partial charge in [-0.2, -0.15) is 0 Å². The molecule has 1 aliphatic carbocycles. The number of hydrogen-bond donors (Lipinski definition) is 1. The largest absolute Gasteiger partial charge is 0.384 e. The molecule has 3 nitrogen and oxygen atoms in total. The van der Waals surface area contributed by atoms with Crippen molar-refractivity contribution >= 4 is 28.2 Å². The van der Waals surface area contributed by atoms with Gasteiger partial charge in [-0.1, -0.05) is 37.3 Å². The summed E-state index contributed by atoms with van der Waals surface area (Å²) >= 11 is 6.06. The van der Waals surface area contributed by atoms with Gasteiger partial charge in [0.2, 0.25) is 0 Å². The first-order valence-corrected chi connectivity index (χ1v) is 9.94. The second-order valence-corrected chi connectivity index (χ2v) is 8.09. The fourth-order valence-electron chi connectivity index (χ4n) is 4.23. The lowest BCUT2D eigenvalue weighted by Gasteiger charge is -2.23. The number of hydrogen-bond acceptors (Lipinski definition) is 3. The third kappa shape index (κ3) is 5.08. The highest BCUT2D eigenvalue weighted by molar-refractivity contribution is 6.31. The van der Waals surface area contributed by atoms with E-state index in [1.165, 1.54) is 45.1 Å². The van der Waals surface area contributed by atoms with E-state index in [9.17, 15) is 0 Å². The van der Waals surface area contributed by atoms with Gasteiger partial charge in [0.15, 0.2) is 0 Å². The molecule has 1 N–H and O–H groups in total. The predicted octanol–water partition coefficient (Wildman–Crippen LogP) is 5.45. The van der Waals surface area contributed by atoms with Crippen molar-refractivity contribution in [3.05, 3.63) is 35.5 Å². The molecule has 0 saturated heterocycles. The van der Waals surface area contributed by atoms with Gasteiger partial charge in [0.05, 0.1) is 5.52 Å². The molecule has 1 aromatic carbocycles. The van der Waals surface area contributed by atoms with Crippen LogP contribution in [0.5, 0.6) is 0 Å². The summed E-state index contributed by atoms with van der Waals surface area (Å²) in [4.78, 5) is 6.76. The molecular weight excluding hydrogens is 330 g/mol. The molecule has 0 amide bonds. The van der Waals surface area contributed by atoms with Gasteiger partial charge in [-0.25, -0.2) is 0 Å². The SMILES string of the molecule is CN(C)CC1CCCC1CCCCNc1ccnc2cc(Cl)ccc12. The van der Waals surface area contributed by atoms with Gasteiger partial charge in [-0.15, -0.1) is 0 Å². The van der Waals surface area contributed by atoms with Crippen LogP contribution in [0.1, 0.15) is 38.5 Å². The Kier molecular flexibility index (Phi) is 6.55. The molecule has 0 bridgehead atoms. The maximum Gasteiger partial charge on any atom is 0.0737 e. The minimum Gasteiger partial charge on any atom is -0.384 e. The maximum atomic E-state index is 6.06. The van der Waals surface area contributed by atoms with Crippen molar-refractivity contribution in [1.29, 1.82) is 0 Å². The van der Waals surface area contributed by atoms with E-state index in [4.69, 9.17) is 11.6 Å². The van der Waals surface area contributed by atoms with Crippen LogP contribution < -0.4 is 5.32 Å². The second kappa shape index (κ2) is 8.86. The van der Waals surface area contributed by atoms with Crippen molar-refractivity contribution in [2.24, 2.45) is 11.8 Å². The molecule has 1 aliphatic rings. The van der Waals surface area contributed by atoms with E-state index in [2.05, 4.69) is 41.4 Å². The lowest BCUT2D eigenvalue weighted by molar-refractivity contribution is 0.262. The number of rotatable bonds is 8. The average Bonchev–Trinajstić information content (AvgIpc) is 3.00. The highest BCUT2D eigenvalue weighted by atomic mass is 35.5. The van der Waals surface area contributed by atoms with Crippen LogP contribution in [0, 0.1) is 11.8 Å². The van der Waals surface area contributed by atoms with Gasteiger partial charge in [-0.05, 0) is 63.0 Å². The minimum atomic E-state index is 0.737. The van der Waals surface area contributed by atoms with E-state index >= 15 is 0 Å². The standard InChI is InChI=1S/C21H30ClN3/c1-25(2)15-17-8-5-7-16(17)6-3-4-12-23-20-11-13-24-21-14-18(22)9-10-19(20)21/h9-11,13-14,16-17H,3-8,12,15H2,1-2H3,(H,23,24). The topological polar surface area (TPSA) is 28.2 Å². The van der Waals surface area contributed by atoms with Crippen LogP contribution in [0.15, 0.2) is 30.5 Å². The summed E-state index contributed by atoms with van der Waals surface area (Å²) in [5, 5.41) is 5.47. The molecule has 4 heteroatoms. The molecule has 1 aromatic heterocycles. The summed E-state index contributed by atoms with van der Waals surface area (Å²) < 4.78 is 0. The Labute approximate surface area is 156 Å². The molecule has 1 saturated carbocycles. The Bertz CT molecular complexity index is 686. The third-order valence-electron chi connectivity index (χ3n) is 5.44. The van der Waals surface area contributed by atoms with Crippen LogP contribution in [0.25, 0.3) is 10.9 Å². The Balaban J connectivity index is 1.45. The predicted molar refractivity (Wildman–Crippen MR) is 108 cm³/mol. The van der Waals surface area contributed by atoms with Gasteiger partial charge >= 0.3 is 0 Å². The Hall–Kier alpha value is -1.32. The van der Waals surface area contributed by atoms with Crippen LogP contribution in [-0.4, -0.2) is 37.1 Å². The van der Waals surface area contributed by atoms with E-state index in [-0.39, 0.29) is 0 Å². The van der Waals surface area contributed by atoms with Crippen molar-refractivity contribution < 1.29 is 0 Å². The normalized spacial score (nSPS) is 20.5. The van der Waals surface area contributed by atoms with E-state index in [0.717, 1.165) is 40.0 Å². The fourth-order valence-corrected chi connectivity index (χ4v) is 4.40. The Morgan fingerprint density at radius 3 is 2.84 bits per heavy atom. The van der Waals surface area contributed by atoms with Crippen molar-refractivity contribution in [3.8, 4) is 0 Å². The number of nitrogens with zero attached hydrogens (tertiary/aromatic N) is 2. The number of aromatic nitrogens is 1. The molecule has 1 fully saturated rings. The van der Waals surface area contributed by atoms with Crippen molar-refractivity contribution in [2.75, 3.05) is 32.5 Å². The smallest absolute Gasteiger partial charge is 0.0737 e. The number of anilines is 1. The van der Waals surface area contributed by atoms with Gasteiger partial charge in [0.25, 0.3) is 0 Å². The van der Waals surface area contributed by atoms with Gasteiger partial charge in [0.1, 0.15) is 0 Å². The Morgan fingerprint density at radius 1 is 1.16 bits per heavy atom. The summed E-state index contributed by atoms with van der Waals surface area (Å²) in [6.45, 7) is 2.28. The fraction of sp³-hybridized carbons (Fsp3) is 0.571. The highest BCUT2D eigenvalue weighted by Crippen LogP contribution is 2.35. The zero-order valence-electron chi connectivity index (χ0n) is 15.5. The quantitative estimate of drug-likeness (QED) is 0.635. The first-order valence-electron chi connectivity index (χ1n) is 9.56. The third-order valence-corrected chi connectivity index (χ3v) is 5.67. The van der Waals surface area contributed by atoms with Crippen molar-refractivity contribution in [2.45, 2.75) is 38.5 Å². The van der Waals surface area contributed by atoms with Gasteiger partial charge in [0, 0.05) is 35.4 Å². The van der Waals surface area contributed by atoms with Crippen LogP contribution in [0.2, 0.25) is 5.02 Å². The Morgan fingerprint density at radius 2 is 2.00 bits per heavy atom. The molecule has 2 unspecified atom stereocenters.